The van der Waals surface area contributed by atoms with Crippen LogP contribution in [-0.4, -0.2) is 38.8 Å². The molecule has 0 bridgehead atoms. The minimum atomic E-state index is -4.73. The number of benzene rings is 1. The molecule has 0 saturated carbocycles. The lowest BCUT2D eigenvalue weighted by molar-refractivity contribution is -0.137. The first-order chi connectivity index (χ1) is 9.59. The van der Waals surface area contributed by atoms with E-state index in [2.05, 4.69) is 0 Å². The molecule has 0 aromatic heterocycles. The SMILES string of the molecule is NCCN(CC(F)F)S(=O)(=O)c1cccc(C(F)(F)F)c1. The maximum atomic E-state index is 12.6. The first kappa shape index (κ1) is 17.8. The van der Waals surface area contributed by atoms with E-state index < -0.39 is 46.2 Å². The van der Waals surface area contributed by atoms with Gasteiger partial charge in [-0.1, -0.05) is 6.07 Å². The van der Waals surface area contributed by atoms with Gasteiger partial charge in [-0.2, -0.15) is 17.5 Å². The molecule has 0 unspecified atom stereocenters. The van der Waals surface area contributed by atoms with Crippen molar-refractivity contribution in [1.29, 1.82) is 0 Å². The maximum absolute atomic E-state index is 12.6. The largest absolute Gasteiger partial charge is 0.416 e. The number of nitrogens with zero attached hydrogens (tertiary/aromatic N) is 1. The van der Waals surface area contributed by atoms with Crippen molar-refractivity contribution in [3.05, 3.63) is 29.8 Å². The summed E-state index contributed by atoms with van der Waals surface area (Å²) in [5.41, 5.74) is 3.98. The predicted octanol–water partition coefficient (Wildman–Crippen LogP) is 1.92. The molecule has 1 rings (SSSR count). The number of sulfonamides is 1. The third-order valence-electron chi connectivity index (χ3n) is 2.52. The number of nitrogens with two attached hydrogens (primary N) is 1. The van der Waals surface area contributed by atoms with Crippen molar-refractivity contribution < 1.29 is 30.4 Å². The van der Waals surface area contributed by atoms with Crippen molar-refractivity contribution in [2.45, 2.75) is 17.5 Å². The Hall–Kier alpha value is -1.26. The molecule has 4 nitrogen and oxygen atoms in total. The molecule has 0 radical (unpaired) electrons. The summed E-state index contributed by atoms with van der Waals surface area (Å²) in [5, 5.41) is 0. The molecule has 0 spiro atoms. The molecule has 0 fully saturated rings. The highest BCUT2D eigenvalue weighted by molar-refractivity contribution is 7.89. The van der Waals surface area contributed by atoms with Gasteiger partial charge >= 0.3 is 6.18 Å². The van der Waals surface area contributed by atoms with Crippen LogP contribution in [0, 0.1) is 0 Å². The van der Waals surface area contributed by atoms with E-state index in [1.807, 2.05) is 0 Å². The summed E-state index contributed by atoms with van der Waals surface area (Å²) >= 11 is 0. The van der Waals surface area contributed by atoms with Gasteiger partial charge in [0.1, 0.15) is 0 Å². The van der Waals surface area contributed by atoms with Crippen molar-refractivity contribution in [3.63, 3.8) is 0 Å². The van der Waals surface area contributed by atoms with E-state index >= 15 is 0 Å². The van der Waals surface area contributed by atoms with Gasteiger partial charge in [-0.05, 0) is 18.2 Å². The molecule has 2 N–H and O–H groups in total. The fourth-order valence-corrected chi connectivity index (χ4v) is 3.07. The number of hydrogen-bond acceptors (Lipinski definition) is 3. The van der Waals surface area contributed by atoms with Gasteiger partial charge in [0, 0.05) is 13.1 Å². The van der Waals surface area contributed by atoms with Crippen LogP contribution in [0.25, 0.3) is 0 Å². The van der Waals surface area contributed by atoms with Crippen LogP contribution in [0.2, 0.25) is 0 Å². The van der Waals surface area contributed by atoms with Crippen LogP contribution in [0.3, 0.4) is 0 Å². The zero-order valence-corrected chi connectivity index (χ0v) is 11.5. The van der Waals surface area contributed by atoms with E-state index in [-0.39, 0.29) is 6.54 Å². The zero-order valence-electron chi connectivity index (χ0n) is 10.6. The second kappa shape index (κ2) is 6.67. The van der Waals surface area contributed by atoms with E-state index in [0.717, 1.165) is 12.1 Å². The number of rotatable bonds is 6. The Morgan fingerprint density at radius 1 is 1.24 bits per heavy atom. The fraction of sp³-hybridized carbons (Fsp3) is 0.455. The second-order valence-corrected chi connectivity index (χ2v) is 6.01. The van der Waals surface area contributed by atoms with Crippen molar-refractivity contribution in [1.82, 2.24) is 4.31 Å². The van der Waals surface area contributed by atoms with Crippen molar-refractivity contribution in [2.24, 2.45) is 5.73 Å². The molecule has 0 aliphatic heterocycles. The van der Waals surface area contributed by atoms with Gasteiger partial charge in [0.2, 0.25) is 10.0 Å². The summed E-state index contributed by atoms with van der Waals surface area (Å²) in [6.45, 7) is -1.77. The summed E-state index contributed by atoms with van der Waals surface area (Å²) in [7, 11) is -4.47. The van der Waals surface area contributed by atoms with Gasteiger partial charge in [0.05, 0.1) is 17.0 Å². The van der Waals surface area contributed by atoms with Crippen LogP contribution < -0.4 is 5.73 Å². The molecule has 120 valence electrons. The quantitative estimate of drug-likeness (QED) is 0.810. The summed E-state index contributed by atoms with van der Waals surface area (Å²) in [6, 6.07) is 2.92. The molecule has 0 heterocycles. The number of hydrogen-bond donors (Lipinski definition) is 1. The summed E-state index contributed by atoms with van der Waals surface area (Å²) in [4.78, 5) is -0.702. The zero-order chi connectivity index (χ0) is 16.3. The average Bonchev–Trinajstić information content (AvgIpc) is 2.37. The lowest BCUT2D eigenvalue weighted by atomic mass is 10.2. The summed E-state index contributed by atoms with van der Waals surface area (Å²) in [6.07, 6.45) is -7.69. The van der Waals surface area contributed by atoms with Crippen LogP contribution >= 0.6 is 0 Å². The topological polar surface area (TPSA) is 63.4 Å². The van der Waals surface area contributed by atoms with Gasteiger partial charge in [-0.25, -0.2) is 17.2 Å². The minimum Gasteiger partial charge on any atom is -0.329 e. The molecule has 0 aliphatic carbocycles. The molecule has 0 amide bonds. The Bertz CT molecular complexity index is 574. The minimum absolute atomic E-state index is 0.231. The highest BCUT2D eigenvalue weighted by Crippen LogP contribution is 2.31. The van der Waals surface area contributed by atoms with Crippen LogP contribution in [0.1, 0.15) is 5.56 Å². The average molecular weight is 332 g/mol. The smallest absolute Gasteiger partial charge is 0.329 e. The highest BCUT2D eigenvalue weighted by atomic mass is 32.2. The first-order valence-electron chi connectivity index (χ1n) is 5.74. The molecule has 1 aromatic carbocycles. The molecule has 0 saturated heterocycles. The third-order valence-corrected chi connectivity index (χ3v) is 4.38. The van der Waals surface area contributed by atoms with Crippen LogP contribution in [0.4, 0.5) is 22.0 Å². The van der Waals surface area contributed by atoms with Gasteiger partial charge in [-0.15, -0.1) is 0 Å². The molecule has 21 heavy (non-hydrogen) atoms. The highest BCUT2D eigenvalue weighted by Gasteiger charge is 2.33. The predicted molar refractivity (Wildman–Crippen MR) is 65.3 cm³/mol. The normalized spacial score (nSPS) is 13.1. The Kier molecular flexibility index (Phi) is 5.65. The van der Waals surface area contributed by atoms with E-state index in [1.54, 1.807) is 0 Å². The standard InChI is InChI=1S/C11H13F5N2O2S/c12-10(13)7-18(5-4-17)21(19,20)9-3-1-2-8(6-9)11(14,15)16/h1-3,6,10H,4-5,7,17H2. The number of halogens is 5. The lowest BCUT2D eigenvalue weighted by Gasteiger charge is -2.21. The Morgan fingerprint density at radius 3 is 2.33 bits per heavy atom. The molecule has 0 atom stereocenters. The number of alkyl halides is 5. The fourth-order valence-electron chi connectivity index (χ4n) is 1.59. The Morgan fingerprint density at radius 2 is 1.86 bits per heavy atom. The van der Waals surface area contributed by atoms with Gasteiger partial charge in [0.15, 0.2) is 0 Å². The second-order valence-electron chi connectivity index (χ2n) is 4.07. The summed E-state index contributed by atoms with van der Waals surface area (Å²) in [5.74, 6) is 0. The van der Waals surface area contributed by atoms with E-state index in [4.69, 9.17) is 5.73 Å². The van der Waals surface area contributed by atoms with Crippen LogP contribution in [-0.2, 0) is 16.2 Å². The molecule has 0 aliphatic rings. The van der Waals surface area contributed by atoms with Crippen LogP contribution in [0.15, 0.2) is 29.2 Å². The maximum Gasteiger partial charge on any atom is 0.416 e. The van der Waals surface area contributed by atoms with E-state index in [0.29, 0.717) is 16.4 Å². The third kappa shape index (κ3) is 4.61. The lowest BCUT2D eigenvalue weighted by Crippen LogP contribution is -2.38. The van der Waals surface area contributed by atoms with Crippen molar-refractivity contribution >= 4 is 10.0 Å². The monoisotopic (exact) mass is 332 g/mol. The first-order valence-corrected chi connectivity index (χ1v) is 7.18. The van der Waals surface area contributed by atoms with E-state index in [9.17, 15) is 30.4 Å². The van der Waals surface area contributed by atoms with E-state index in [1.165, 1.54) is 0 Å². The molecular weight excluding hydrogens is 319 g/mol. The van der Waals surface area contributed by atoms with Gasteiger partial charge in [-0.3, -0.25) is 0 Å². The Balaban J connectivity index is 3.22. The van der Waals surface area contributed by atoms with Crippen molar-refractivity contribution in [3.8, 4) is 0 Å². The molecule has 1 aromatic rings. The Labute approximate surface area is 118 Å². The summed E-state index contributed by atoms with van der Waals surface area (Å²) < 4.78 is 87.1. The van der Waals surface area contributed by atoms with Crippen molar-refractivity contribution in [2.75, 3.05) is 19.6 Å². The molecular formula is C11H13F5N2O2S. The van der Waals surface area contributed by atoms with Gasteiger partial charge < -0.3 is 5.73 Å². The molecule has 10 heteroatoms. The van der Waals surface area contributed by atoms with Crippen LogP contribution in [0.5, 0.6) is 0 Å². The van der Waals surface area contributed by atoms with Gasteiger partial charge in [0.25, 0.3) is 6.43 Å².